The maximum absolute atomic E-state index is 11.9. The van der Waals surface area contributed by atoms with Crippen LogP contribution in [-0.4, -0.2) is 83.9 Å². The Balaban J connectivity index is 0.000000140. The van der Waals surface area contributed by atoms with Crippen LogP contribution in [0, 0.1) is 64.6 Å². The van der Waals surface area contributed by atoms with Crippen molar-refractivity contribution in [2.24, 2.45) is 64.6 Å². The highest BCUT2D eigenvalue weighted by atomic mass is 16.6. The lowest BCUT2D eigenvalue weighted by molar-refractivity contribution is -0.195. The minimum Gasteiger partial charge on any atom is -0.460 e. The number of carbonyl (C=O) groups is 8. The lowest BCUT2D eigenvalue weighted by atomic mass is 9.46. The fourth-order valence-electron chi connectivity index (χ4n) is 14.2. The van der Waals surface area contributed by atoms with Gasteiger partial charge in [-0.05, 0) is 162 Å². The lowest BCUT2D eigenvalue weighted by Crippen LogP contribution is -2.57. The molecule has 384 valence electrons. The zero-order valence-corrected chi connectivity index (χ0v) is 42.3. The van der Waals surface area contributed by atoms with E-state index in [0.29, 0.717) is 35.5 Å². The first-order chi connectivity index (χ1) is 32.9. The van der Waals surface area contributed by atoms with Crippen molar-refractivity contribution in [2.45, 2.75) is 174 Å². The van der Waals surface area contributed by atoms with Crippen LogP contribution >= 0.6 is 0 Å². The molecular weight excluding hydrogens is 901 g/mol. The summed E-state index contributed by atoms with van der Waals surface area (Å²) in [4.78, 5) is 92.5. The van der Waals surface area contributed by atoms with Crippen molar-refractivity contribution in [3.63, 3.8) is 0 Å². The lowest BCUT2D eigenvalue weighted by Gasteiger charge is -2.61. The van der Waals surface area contributed by atoms with Crippen molar-refractivity contribution in [1.82, 2.24) is 0 Å². The number of esters is 8. The van der Waals surface area contributed by atoms with Gasteiger partial charge in [-0.15, -0.1) is 0 Å². The van der Waals surface area contributed by atoms with Crippen LogP contribution in [0.2, 0.25) is 0 Å². The van der Waals surface area contributed by atoms with Gasteiger partial charge in [0.2, 0.25) is 0 Å². The molecule has 0 amide bonds. The molecule has 15 nitrogen and oxygen atoms in total. The second-order valence-corrected chi connectivity index (χ2v) is 22.9. The highest BCUT2D eigenvalue weighted by molar-refractivity contribution is 5.98. The predicted octanol–water partition coefficient (Wildman–Crippen LogP) is 8.36. The summed E-state index contributed by atoms with van der Waals surface area (Å²) in [6, 6.07) is 0. The van der Waals surface area contributed by atoms with E-state index in [9.17, 15) is 38.4 Å². The molecule has 9 saturated carbocycles. The zero-order chi connectivity index (χ0) is 51.2. The van der Waals surface area contributed by atoms with Crippen molar-refractivity contribution < 1.29 is 71.5 Å². The summed E-state index contributed by atoms with van der Waals surface area (Å²) >= 11 is 0. The van der Waals surface area contributed by atoms with Gasteiger partial charge in [0.05, 0.1) is 17.8 Å². The predicted molar refractivity (Wildman–Crippen MR) is 252 cm³/mol. The molecule has 0 spiro atoms. The summed E-state index contributed by atoms with van der Waals surface area (Å²) in [5.41, 5.74) is 1.31. The van der Waals surface area contributed by atoms with Crippen LogP contribution in [0.15, 0.2) is 48.6 Å². The minimum atomic E-state index is -0.665. The van der Waals surface area contributed by atoms with Gasteiger partial charge in [-0.2, -0.15) is 0 Å². The SMILES string of the molecule is C=C(C)C(=O)OC(C)(C)C12CC3CC(CC(C3)C1)C2.C=C(C)C(=O)OC1(CC)CCCC1.C=C(C)C(=O)OC1C2CC3C(=O)OC1C3C2.C=C(C)C(=O)OCC(=O)OC1CC2CC1C1C(=O)OC(=O)C21. The molecule has 0 N–H and O–H groups in total. The van der Waals surface area contributed by atoms with Crippen LogP contribution in [0.1, 0.15) is 145 Å². The quantitative estimate of drug-likeness (QED) is 0.0781. The average molecular weight is 975 g/mol. The largest absolute Gasteiger partial charge is 0.460 e. The Morgan fingerprint density at radius 3 is 1.73 bits per heavy atom. The van der Waals surface area contributed by atoms with Gasteiger partial charge in [0.1, 0.15) is 29.5 Å². The molecule has 2 aliphatic heterocycles. The third-order valence-electron chi connectivity index (χ3n) is 17.5. The maximum Gasteiger partial charge on any atom is 0.344 e. The fraction of sp³-hybridized carbons (Fsp3) is 0.709. The first-order valence-corrected chi connectivity index (χ1v) is 25.5. The topological polar surface area (TPSA) is 201 Å². The molecular formula is C55H74O15. The number of ether oxygens (including phenoxy) is 7. The summed E-state index contributed by atoms with van der Waals surface area (Å²) in [7, 11) is 0. The standard InChI is InChI=1S/C17H26O2.C15H16O7.C12H14O4.C11H18O2/c1-11(2)15(18)19-16(3,4)17-8-12-5-13(9-17)7-14(6-12)10-17;1-6(2)13(17)20-5-10(16)21-9-4-7-3-8(9)12-11(7)14(18)22-15(12)19;1-5(2)11(13)15-9-6-3-7-8(4-6)12(14)16-10(7)9;1-4-11(7-5-6-8-11)13-10(12)9(2)3/h12-14H,1,5-10H2,2-4H3;7-9,11-12H,1,3-5H2,2H3;6-10H,1,3-4H2,2H3;2,4-8H2,1,3H3. The minimum absolute atomic E-state index is 0.0183. The smallest absolute Gasteiger partial charge is 0.344 e. The van der Waals surface area contributed by atoms with Gasteiger partial charge in [0.25, 0.3) is 0 Å². The van der Waals surface area contributed by atoms with Crippen LogP contribution in [0.4, 0.5) is 0 Å². The normalized spacial score (nSPS) is 35.5. The Hall–Kier alpha value is -5.08. The first-order valence-electron chi connectivity index (χ1n) is 25.5. The van der Waals surface area contributed by atoms with Crippen LogP contribution < -0.4 is 0 Å². The molecule has 15 heteroatoms. The number of hydrogen-bond acceptors (Lipinski definition) is 15. The average Bonchev–Trinajstić information content (AvgIpc) is 4.16. The molecule has 0 aromatic rings. The third-order valence-corrected chi connectivity index (χ3v) is 17.5. The van der Waals surface area contributed by atoms with Crippen LogP contribution in [0.5, 0.6) is 0 Å². The monoisotopic (exact) mass is 975 g/mol. The molecule has 11 fully saturated rings. The number of fused-ring (bicyclic) bond motifs is 6. The molecule has 9 aliphatic carbocycles. The van der Waals surface area contributed by atoms with Crippen LogP contribution in [-0.2, 0) is 71.5 Å². The summed E-state index contributed by atoms with van der Waals surface area (Å²) in [5.74, 6) is -0.985. The van der Waals surface area contributed by atoms with Gasteiger partial charge < -0.3 is 33.2 Å². The second kappa shape index (κ2) is 20.6. The van der Waals surface area contributed by atoms with Crippen LogP contribution in [0.25, 0.3) is 0 Å². The van der Waals surface area contributed by atoms with E-state index in [4.69, 9.17) is 28.4 Å². The van der Waals surface area contributed by atoms with Gasteiger partial charge in [0, 0.05) is 45.5 Å². The Kier molecular flexibility index (Phi) is 15.5. The van der Waals surface area contributed by atoms with E-state index in [1.165, 1.54) is 58.3 Å². The molecule has 2 saturated heterocycles. The summed E-state index contributed by atoms with van der Waals surface area (Å²) in [5, 5.41) is 0. The van der Waals surface area contributed by atoms with Crippen molar-refractivity contribution in [3.05, 3.63) is 48.6 Å². The molecule has 10 unspecified atom stereocenters. The van der Waals surface area contributed by atoms with E-state index in [2.05, 4.69) is 51.8 Å². The van der Waals surface area contributed by atoms with Gasteiger partial charge in [0.15, 0.2) is 6.61 Å². The second-order valence-electron chi connectivity index (χ2n) is 22.9. The molecule has 70 heavy (non-hydrogen) atoms. The van der Waals surface area contributed by atoms with E-state index in [-0.39, 0.29) is 87.9 Å². The molecule has 0 aromatic heterocycles. The summed E-state index contributed by atoms with van der Waals surface area (Å²) in [6.45, 7) is 26.6. The molecule has 11 aliphatic rings. The van der Waals surface area contributed by atoms with Gasteiger partial charge >= 0.3 is 47.8 Å². The van der Waals surface area contributed by atoms with Gasteiger partial charge in [-0.3, -0.25) is 14.4 Å². The van der Waals surface area contributed by atoms with Crippen molar-refractivity contribution in [3.8, 4) is 0 Å². The number of rotatable bonds is 12. The zero-order valence-electron chi connectivity index (χ0n) is 42.3. The Labute approximate surface area is 412 Å². The summed E-state index contributed by atoms with van der Waals surface area (Å²) in [6.07, 6.45) is 15.5. The van der Waals surface area contributed by atoms with E-state index < -0.39 is 42.5 Å². The maximum atomic E-state index is 11.9. The van der Waals surface area contributed by atoms with E-state index in [1.54, 1.807) is 20.8 Å². The third kappa shape index (κ3) is 10.7. The summed E-state index contributed by atoms with van der Waals surface area (Å²) < 4.78 is 36.7. The van der Waals surface area contributed by atoms with E-state index in [0.717, 1.165) is 49.9 Å². The molecule has 0 radical (unpaired) electrons. The number of hydrogen-bond donors (Lipinski definition) is 0. The van der Waals surface area contributed by atoms with Crippen molar-refractivity contribution >= 4 is 47.8 Å². The highest BCUT2D eigenvalue weighted by Gasteiger charge is 2.65. The Bertz CT molecular complexity index is 2160. The number of cyclic esters (lactones) is 2. The Morgan fingerprint density at radius 2 is 1.19 bits per heavy atom. The Morgan fingerprint density at radius 1 is 0.643 bits per heavy atom. The molecule has 11 rings (SSSR count). The first kappa shape index (κ1) is 52.7. The highest BCUT2D eigenvalue weighted by Crippen LogP contribution is 2.64. The van der Waals surface area contributed by atoms with E-state index >= 15 is 0 Å². The molecule has 2 heterocycles. The molecule has 8 bridgehead atoms. The van der Waals surface area contributed by atoms with Gasteiger partial charge in [-0.25, -0.2) is 24.0 Å². The number of carbonyl (C=O) groups excluding carboxylic acids is 8. The van der Waals surface area contributed by atoms with Crippen molar-refractivity contribution in [2.75, 3.05) is 6.61 Å². The fourth-order valence-corrected chi connectivity index (χ4v) is 14.2. The van der Waals surface area contributed by atoms with E-state index in [1.807, 2.05) is 0 Å². The van der Waals surface area contributed by atoms with Crippen LogP contribution in [0.3, 0.4) is 0 Å². The van der Waals surface area contributed by atoms with Crippen molar-refractivity contribution in [1.29, 1.82) is 0 Å². The van der Waals surface area contributed by atoms with Gasteiger partial charge in [-0.1, -0.05) is 33.2 Å². The molecule has 0 aromatic carbocycles. The molecule has 10 atom stereocenters.